The Balaban J connectivity index is 1.92. The van der Waals surface area contributed by atoms with E-state index in [2.05, 4.69) is 43.0 Å². The fraction of sp³-hybridized carbons (Fsp3) is 0.577. The first-order valence-electron chi connectivity index (χ1n) is 12.1. The van der Waals surface area contributed by atoms with Crippen LogP contribution >= 0.6 is 0 Å². The summed E-state index contributed by atoms with van der Waals surface area (Å²) < 4.78 is 7.04. The topological polar surface area (TPSA) is 72.3 Å². The Morgan fingerprint density at radius 3 is 2.70 bits per heavy atom. The quantitative estimate of drug-likeness (QED) is 0.413. The second-order valence-corrected chi connectivity index (χ2v) is 9.52. The van der Waals surface area contributed by atoms with Crippen molar-refractivity contribution >= 4 is 5.91 Å². The summed E-state index contributed by atoms with van der Waals surface area (Å²) in [5, 5.41) is 12.3. The molecular formula is C26H39N5O2. The molecule has 7 nitrogen and oxygen atoms in total. The van der Waals surface area contributed by atoms with Crippen molar-refractivity contribution in [2.24, 2.45) is 11.8 Å². The lowest BCUT2D eigenvalue weighted by atomic mass is 9.89. The standard InChI is InChI=1S/C26H39N5O2/c1-19(2)18-30(23-15-21(20(3)4)16-27-17-23)26(32)25-24(13-9-10-14-33-5)31(29-28-25)22-11-7-6-8-12-22/h6-8,11-12,19,21,23,27H,3,9-10,13-18H2,1-2,4-5H3/t21?,23-/m0/s1. The van der Waals surface area contributed by atoms with Crippen LogP contribution in [-0.2, 0) is 11.2 Å². The predicted molar refractivity (Wildman–Crippen MR) is 132 cm³/mol. The lowest BCUT2D eigenvalue weighted by molar-refractivity contribution is 0.0592. The van der Waals surface area contributed by atoms with Gasteiger partial charge in [0.1, 0.15) is 0 Å². The number of benzene rings is 1. The van der Waals surface area contributed by atoms with E-state index in [1.165, 1.54) is 0 Å². The lowest BCUT2D eigenvalue weighted by Crippen LogP contribution is -2.52. The molecule has 7 heteroatoms. The Morgan fingerprint density at radius 1 is 1.27 bits per heavy atom. The highest BCUT2D eigenvalue weighted by molar-refractivity contribution is 5.93. The van der Waals surface area contributed by atoms with Crippen LogP contribution in [0.5, 0.6) is 0 Å². The number of piperidine rings is 1. The molecule has 33 heavy (non-hydrogen) atoms. The number of amides is 1. The number of methoxy groups -OCH3 is 1. The number of hydrogen-bond donors (Lipinski definition) is 1. The summed E-state index contributed by atoms with van der Waals surface area (Å²) in [7, 11) is 1.71. The van der Waals surface area contributed by atoms with Gasteiger partial charge in [0.25, 0.3) is 5.91 Å². The van der Waals surface area contributed by atoms with Crippen molar-refractivity contribution in [1.82, 2.24) is 25.2 Å². The average Bonchev–Trinajstić information content (AvgIpc) is 3.24. The molecule has 1 aliphatic heterocycles. The Bertz CT molecular complexity index is 909. The summed E-state index contributed by atoms with van der Waals surface area (Å²) in [6, 6.07) is 10.0. The molecule has 3 rings (SSSR count). The molecule has 1 unspecified atom stereocenters. The summed E-state index contributed by atoms with van der Waals surface area (Å²) in [6.07, 6.45) is 3.48. The van der Waals surface area contributed by atoms with Crippen LogP contribution < -0.4 is 5.32 Å². The molecule has 0 saturated carbocycles. The minimum atomic E-state index is -0.0261. The normalized spacial score (nSPS) is 18.5. The highest BCUT2D eigenvalue weighted by atomic mass is 16.5. The number of para-hydroxylation sites is 1. The molecule has 180 valence electrons. The second kappa shape index (κ2) is 12.1. The van der Waals surface area contributed by atoms with Gasteiger partial charge in [-0.25, -0.2) is 4.68 Å². The molecule has 0 bridgehead atoms. The van der Waals surface area contributed by atoms with E-state index in [0.717, 1.165) is 55.7 Å². The van der Waals surface area contributed by atoms with Crippen LogP contribution in [0.2, 0.25) is 0 Å². The number of nitrogens with one attached hydrogen (secondary N) is 1. The van der Waals surface area contributed by atoms with E-state index in [1.54, 1.807) is 7.11 Å². The average molecular weight is 454 g/mol. The van der Waals surface area contributed by atoms with E-state index in [0.29, 0.717) is 30.7 Å². The predicted octanol–water partition coefficient (Wildman–Crippen LogP) is 3.89. The Labute approximate surface area is 198 Å². The molecule has 0 spiro atoms. The maximum Gasteiger partial charge on any atom is 0.276 e. The van der Waals surface area contributed by atoms with E-state index in [-0.39, 0.29) is 11.9 Å². The number of unbranched alkanes of at least 4 members (excludes halogenated alkanes) is 1. The van der Waals surface area contributed by atoms with Crippen molar-refractivity contribution in [2.75, 3.05) is 33.4 Å². The minimum Gasteiger partial charge on any atom is -0.385 e. The zero-order chi connectivity index (χ0) is 23.8. The zero-order valence-corrected chi connectivity index (χ0v) is 20.6. The molecule has 1 aliphatic rings. The van der Waals surface area contributed by atoms with Gasteiger partial charge in [0, 0.05) is 39.4 Å². The minimum absolute atomic E-state index is 0.0261. The maximum absolute atomic E-state index is 13.9. The molecule has 1 fully saturated rings. The first-order chi connectivity index (χ1) is 15.9. The molecule has 1 amide bonds. The van der Waals surface area contributed by atoms with E-state index >= 15 is 0 Å². The van der Waals surface area contributed by atoms with E-state index < -0.39 is 0 Å². The van der Waals surface area contributed by atoms with Crippen molar-refractivity contribution in [3.8, 4) is 5.69 Å². The van der Waals surface area contributed by atoms with E-state index in [4.69, 9.17) is 4.74 Å². The third-order valence-electron chi connectivity index (χ3n) is 6.27. The maximum atomic E-state index is 13.9. The van der Waals surface area contributed by atoms with Gasteiger partial charge in [0.05, 0.1) is 11.4 Å². The smallest absolute Gasteiger partial charge is 0.276 e. The van der Waals surface area contributed by atoms with Crippen LogP contribution in [0.25, 0.3) is 5.69 Å². The summed E-state index contributed by atoms with van der Waals surface area (Å²) >= 11 is 0. The van der Waals surface area contributed by atoms with E-state index in [1.807, 2.05) is 39.9 Å². The molecule has 1 N–H and O–H groups in total. The van der Waals surface area contributed by atoms with Gasteiger partial charge in [-0.3, -0.25) is 4.79 Å². The van der Waals surface area contributed by atoms with Crippen LogP contribution in [0.15, 0.2) is 42.5 Å². The van der Waals surface area contributed by atoms with Crippen molar-refractivity contribution in [3.63, 3.8) is 0 Å². The van der Waals surface area contributed by atoms with Gasteiger partial charge in [0.2, 0.25) is 0 Å². The summed E-state index contributed by atoms with van der Waals surface area (Å²) in [6.45, 7) is 13.6. The molecule has 2 aromatic rings. The number of ether oxygens (including phenoxy) is 1. The van der Waals surface area contributed by atoms with Crippen LogP contribution in [-0.4, -0.2) is 65.2 Å². The SMILES string of the molecule is C=C(C)C1CNC[C@@H](N(CC(C)C)C(=O)c2nnn(-c3ccccc3)c2CCCCOC)C1. The molecular weight excluding hydrogens is 414 g/mol. The number of carbonyl (C=O) groups is 1. The Kier molecular flexibility index (Phi) is 9.21. The van der Waals surface area contributed by atoms with Crippen molar-refractivity contribution in [2.45, 2.75) is 52.5 Å². The second-order valence-electron chi connectivity index (χ2n) is 9.52. The molecule has 1 saturated heterocycles. The molecule has 0 aliphatic carbocycles. The number of aromatic nitrogens is 3. The molecule has 1 aromatic heterocycles. The van der Waals surface area contributed by atoms with Gasteiger partial charge >= 0.3 is 0 Å². The van der Waals surface area contributed by atoms with E-state index in [9.17, 15) is 4.79 Å². The van der Waals surface area contributed by atoms with Gasteiger partial charge < -0.3 is 15.0 Å². The highest BCUT2D eigenvalue weighted by Crippen LogP contribution is 2.25. The van der Waals surface area contributed by atoms with Crippen LogP contribution in [0, 0.1) is 11.8 Å². The van der Waals surface area contributed by atoms with Crippen molar-refractivity contribution in [1.29, 1.82) is 0 Å². The number of carbonyl (C=O) groups excluding carboxylic acids is 1. The van der Waals surface area contributed by atoms with Gasteiger partial charge in [0.15, 0.2) is 5.69 Å². The fourth-order valence-electron chi connectivity index (χ4n) is 4.47. The summed E-state index contributed by atoms with van der Waals surface area (Å²) in [4.78, 5) is 16.0. The third kappa shape index (κ3) is 6.51. The third-order valence-corrected chi connectivity index (χ3v) is 6.27. The first kappa shape index (κ1) is 25.1. The van der Waals surface area contributed by atoms with Gasteiger partial charge in [-0.05, 0) is 56.6 Å². The molecule has 1 aromatic carbocycles. The van der Waals surface area contributed by atoms with Crippen LogP contribution in [0.1, 0.15) is 56.2 Å². The molecule has 0 radical (unpaired) electrons. The van der Waals surface area contributed by atoms with Gasteiger partial charge in [-0.1, -0.05) is 49.4 Å². The Morgan fingerprint density at radius 2 is 2.03 bits per heavy atom. The Hall–Kier alpha value is -2.51. The molecule has 2 atom stereocenters. The summed E-state index contributed by atoms with van der Waals surface area (Å²) in [5.74, 6) is 0.704. The fourth-order valence-corrected chi connectivity index (χ4v) is 4.47. The monoisotopic (exact) mass is 453 g/mol. The number of rotatable bonds is 11. The molecule has 2 heterocycles. The first-order valence-corrected chi connectivity index (χ1v) is 12.1. The van der Waals surface area contributed by atoms with Gasteiger partial charge in [-0.15, -0.1) is 5.10 Å². The van der Waals surface area contributed by atoms with Gasteiger partial charge in [-0.2, -0.15) is 0 Å². The van der Waals surface area contributed by atoms with Crippen LogP contribution in [0.3, 0.4) is 0 Å². The van der Waals surface area contributed by atoms with Crippen molar-refractivity contribution in [3.05, 3.63) is 53.9 Å². The lowest BCUT2D eigenvalue weighted by Gasteiger charge is -2.39. The van der Waals surface area contributed by atoms with Crippen LogP contribution in [0.4, 0.5) is 0 Å². The number of hydrogen-bond acceptors (Lipinski definition) is 5. The summed E-state index contributed by atoms with van der Waals surface area (Å²) in [5.41, 5.74) is 3.42. The number of nitrogens with zero attached hydrogens (tertiary/aromatic N) is 4. The van der Waals surface area contributed by atoms with Crippen molar-refractivity contribution < 1.29 is 9.53 Å². The zero-order valence-electron chi connectivity index (χ0n) is 20.6. The highest BCUT2D eigenvalue weighted by Gasteiger charge is 2.33. The largest absolute Gasteiger partial charge is 0.385 e.